The lowest BCUT2D eigenvalue weighted by molar-refractivity contribution is 0.642. The third-order valence-electron chi connectivity index (χ3n) is 1.26. The molecule has 0 atom stereocenters. The van der Waals surface area contributed by atoms with E-state index in [1.807, 2.05) is 25.3 Å². The highest BCUT2D eigenvalue weighted by atomic mass is 35.5. The Morgan fingerprint density at radius 2 is 2.21 bits per heavy atom. The van der Waals surface area contributed by atoms with E-state index in [-0.39, 0.29) is 0 Å². The lowest BCUT2D eigenvalue weighted by Crippen LogP contribution is -2.07. The highest BCUT2D eigenvalue weighted by Gasteiger charge is 2.00. The van der Waals surface area contributed by atoms with Gasteiger partial charge in [-0.05, 0) is 6.26 Å². The Morgan fingerprint density at radius 3 is 2.79 bits per heavy atom. The predicted octanol–water partition coefficient (Wildman–Crippen LogP) is 2.07. The predicted molar refractivity (Wildman–Crippen MR) is 60.7 cm³/mol. The first-order valence-corrected chi connectivity index (χ1v) is 5.51. The third-order valence-corrected chi connectivity index (χ3v) is 2.01. The molecule has 1 heterocycles. The molecule has 6 heteroatoms. The number of rotatable bonds is 3. The van der Waals surface area contributed by atoms with Crippen molar-refractivity contribution in [2.75, 3.05) is 20.4 Å². The van der Waals surface area contributed by atoms with Crippen molar-refractivity contribution in [1.29, 1.82) is 0 Å². The van der Waals surface area contributed by atoms with E-state index >= 15 is 0 Å². The fraction of sp³-hybridized carbons (Fsp3) is 0.375. The van der Waals surface area contributed by atoms with Gasteiger partial charge in [-0.25, -0.2) is 15.0 Å². The summed E-state index contributed by atoms with van der Waals surface area (Å²) in [4.78, 5) is 14.1. The van der Waals surface area contributed by atoms with Crippen LogP contribution in [-0.4, -0.2) is 41.6 Å². The van der Waals surface area contributed by atoms with E-state index < -0.39 is 0 Å². The van der Waals surface area contributed by atoms with Crippen molar-refractivity contribution in [3.63, 3.8) is 0 Å². The Balaban J connectivity index is 2.92. The van der Waals surface area contributed by atoms with Crippen molar-refractivity contribution in [2.24, 2.45) is 4.99 Å². The summed E-state index contributed by atoms with van der Waals surface area (Å²) in [5, 5.41) is 1.04. The maximum Gasteiger partial charge on any atom is 0.190 e. The molecule has 4 nitrogen and oxygen atoms in total. The van der Waals surface area contributed by atoms with Crippen molar-refractivity contribution < 1.29 is 0 Å². The van der Waals surface area contributed by atoms with Crippen LogP contribution in [0.5, 0.6) is 0 Å². The Labute approximate surface area is 92.4 Å². The Bertz CT molecular complexity index is 340. The molecule has 0 radical (unpaired) electrons. The number of thioether (sulfide) groups is 1. The Hall–Kier alpha value is -0.810. The first kappa shape index (κ1) is 11.3. The number of hydrogen-bond donors (Lipinski definition) is 0. The van der Waals surface area contributed by atoms with Crippen LogP contribution in [0.25, 0.3) is 0 Å². The summed E-state index contributed by atoms with van der Waals surface area (Å²) in [7, 11) is 3.78. The topological polar surface area (TPSA) is 41.4 Å². The SMILES string of the molecule is CSc1nc(Cl)cc(/N=C/N(C)C)n1. The van der Waals surface area contributed by atoms with Gasteiger partial charge in [0.2, 0.25) is 0 Å². The standard InChI is InChI=1S/C8H11ClN4S/c1-13(2)5-10-7-4-6(9)11-8(12-7)14-3/h4-5H,1-3H3/b10-5+. The van der Waals surface area contributed by atoms with Crippen LogP contribution in [0.15, 0.2) is 16.2 Å². The van der Waals surface area contributed by atoms with Crippen LogP contribution in [0.2, 0.25) is 5.15 Å². The highest BCUT2D eigenvalue weighted by Crippen LogP contribution is 2.18. The molecule has 0 aliphatic heterocycles. The first-order chi connectivity index (χ1) is 6.61. The van der Waals surface area contributed by atoms with E-state index in [9.17, 15) is 0 Å². The molecule has 0 unspecified atom stereocenters. The van der Waals surface area contributed by atoms with E-state index in [0.29, 0.717) is 16.1 Å². The van der Waals surface area contributed by atoms with Gasteiger partial charge in [-0.3, -0.25) is 0 Å². The second-order valence-electron chi connectivity index (χ2n) is 2.74. The van der Waals surface area contributed by atoms with Crippen LogP contribution < -0.4 is 0 Å². The molecule has 0 aliphatic rings. The lowest BCUT2D eigenvalue weighted by Gasteiger charge is -2.02. The van der Waals surface area contributed by atoms with Gasteiger partial charge in [0, 0.05) is 20.2 Å². The van der Waals surface area contributed by atoms with E-state index in [0.717, 1.165) is 0 Å². The largest absolute Gasteiger partial charge is 0.369 e. The average Bonchev–Trinajstić information content (AvgIpc) is 2.14. The molecule has 0 saturated heterocycles. The van der Waals surface area contributed by atoms with E-state index in [1.54, 1.807) is 12.4 Å². The summed E-state index contributed by atoms with van der Waals surface area (Å²) in [6, 6.07) is 1.63. The van der Waals surface area contributed by atoms with Gasteiger partial charge in [0.1, 0.15) is 5.15 Å². The Kier molecular flexibility index (Phi) is 4.16. The fourth-order valence-corrected chi connectivity index (χ4v) is 1.32. The van der Waals surface area contributed by atoms with Crippen LogP contribution >= 0.6 is 23.4 Å². The Morgan fingerprint density at radius 1 is 1.50 bits per heavy atom. The zero-order valence-corrected chi connectivity index (χ0v) is 9.80. The quantitative estimate of drug-likeness (QED) is 0.262. The molecule has 1 aromatic heterocycles. The number of nitrogens with zero attached hydrogens (tertiary/aromatic N) is 4. The molecule has 0 amide bonds. The maximum absolute atomic E-state index is 5.79. The minimum absolute atomic E-state index is 0.412. The first-order valence-electron chi connectivity index (χ1n) is 3.91. The van der Waals surface area contributed by atoms with Gasteiger partial charge in [0.15, 0.2) is 11.0 Å². The molecule has 0 aromatic carbocycles. The summed E-state index contributed by atoms with van der Waals surface area (Å²) >= 11 is 7.23. The fourth-order valence-electron chi connectivity index (χ4n) is 0.717. The van der Waals surface area contributed by atoms with Gasteiger partial charge >= 0.3 is 0 Å². The second kappa shape index (κ2) is 5.17. The molecule has 0 aliphatic carbocycles. The van der Waals surface area contributed by atoms with Gasteiger partial charge < -0.3 is 4.90 Å². The third kappa shape index (κ3) is 3.51. The monoisotopic (exact) mass is 230 g/mol. The van der Waals surface area contributed by atoms with E-state index in [4.69, 9.17) is 11.6 Å². The molecule has 0 N–H and O–H groups in total. The maximum atomic E-state index is 5.79. The van der Waals surface area contributed by atoms with Crippen molar-refractivity contribution in [1.82, 2.24) is 14.9 Å². The van der Waals surface area contributed by atoms with Crippen LogP contribution in [-0.2, 0) is 0 Å². The number of aliphatic imine (C=N–C) groups is 1. The van der Waals surface area contributed by atoms with Gasteiger partial charge in [0.25, 0.3) is 0 Å². The molecule has 0 spiro atoms. The van der Waals surface area contributed by atoms with Gasteiger partial charge in [-0.15, -0.1) is 0 Å². The summed E-state index contributed by atoms with van der Waals surface area (Å²) in [6.07, 6.45) is 3.56. The number of hydrogen-bond acceptors (Lipinski definition) is 4. The van der Waals surface area contributed by atoms with Gasteiger partial charge in [-0.1, -0.05) is 23.4 Å². The average molecular weight is 231 g/mol. The summed E-state index contributed by atoms with van der Waals surface area (Å²) < 4.78 is 0. The van der Waals surface area contributed by atoms with Crippen molar-refractivity contribution >= 4 is 35.5 Å². The van der Waals surface area contributed by atoms with Crippen LogP contribution in [0, 0.1) is 0 Å². The van der Waals surface area contributed by atoms with Crippen molar-refractivity contribution in [2.45, 2.75) is 5.16 Å². The van der Waals surface area contributed by atoms with Crippen molar-refractivity contribution in [3.05, 3.63) is 11.2 Å². The summed E-state index contributed by atoms with van der Waals surface area (Å²) in [5.74, 6) is 0.572. The van der Waals surface area contributed by atoms with Gasteiger partial charge in [0.05, 0.1) is 6.34 Å². The highest BCUT2D eigenvalue weighted by molar-refractivity contribution is 7.98. The minimum atomic E-state index is 0.412. The lowest BCUT2D eigenvalue weighted by atomic mass is 10.6. The number of aromatic nitrogens is 2. The van der Waals surface area contributed by atoms with Crippen LogP contribution in [0.1, 0.15) is 0 Å². The summed E-state index contributed by atoms with van der Waals surface area (Å²) in [5.41, 5.74) is 0. The molecule has 0 fully saturated rings. The normalized spacial score (nSPS) is 10.9. The molecule has 1 rings (SSSR count). The van der Waals surface area contributed by atoms with Crippen LogP contribution in [0.3, 0.4) is 0 Å². The molecule has 0 bridgehead atoms. The van der Waals surface area contributed by atoms with E-state index in [2.05, 4.69) is 15.0 Å². The van der Waals surface area contributed by atoms with Crippen molar-refractivity contribution in [3.8, 4) is 0 Å². The number of halogens is 1. The molecular formula is C8H11ClN4S. The van der Waals surface area contributed by atoms with Crippen LogP contribution in [0.4, 0.5) is 5.82 Å². The molecule has 14 heavy (non-hydrogen) atoms. The molecule has 1 aromatic rings. The zero-order chi connectivity index (χ0) is 10.6. The zero-order valence-electron chi connectivity index (χ0n) is 8.23. The second-order valence-corrected chi connectivity index (χ2v) is 3.90. The summed E-state index contributed by atoms with van der Waals surface area (Å²) in [6.45, 7) is 0. The van der Waals surface area contributed by atoms with E-state index in [1.165, 1.54) is 11.8 Å². The minimum Gasteiger partial charge on any atom is -0.369 e. The molecule has 0 saturated carbocycles. The van der Waals surface area contributed by atoms with Gasteiger partial charge in [-0.2, -0.15) is 0 Å². The molecular weight excluding hydrogens is 220 g/mol. The smallest absolute Gasteiger partial charge is 0.190 e. The molecule has 76 valence electrons.